The molecule has 1 atom stereocenters. The van der Waals surface area contributed by atoms with E-state index in [0.29, 0.717) is 27.9 Å². The lowest BCUT2D eigenvalue weighted by Crippen LogP contribution is -2.30. The first kappa shape index (κ1) is 17.4. The molecule has 8 heteroatoms. The number of nitrogens with zero attached hydrogens (tertiary/aromatic N) is 3. The van der Waals surface area contributed by atoms with Crippen LogP contribution in [0.25, 0.3) is 11.0 Å². The lowest BCUT2D eigenvalue weighted by Gasteiger charge is -2.20. The molecule has 0 fully saturated rings. The van der Waals surface area contributed by atoms with E-state index in [9.17, 15) is 14.7 Å². The number of carboxylic acids is 1. The minimum atomic E-state index is -1.03. The quantitative estimate of drug-likeness (QED) is 0.700. The van der Waals surface area contributed by atoms with Crippen molar-refractivity contribution in [2.75, 3.05) is 7.11 Å². The number of pyridine rings is 1. The lowest BCUT2D eigenvalue weighted by molar-refractivity contribution is -0.137. The number of methoxy groups -OCH3 is 1. The van der Waals surface area contributed by atoms with Crippen molar-refractivity contribution in [2.45, 2.75) is 12.5 Å². The number of aryl methyl sites for hydroxylation is 1. The molecule has 0 radical (unpaired) electrons. The van der Waals surface area contributed by atoms with Crippen molar-refractivity contribution in [1.29, 1.82) is 0 Å². The molecular formula is C18H18N4O4. The van der Waals surface area contributed by atoms with Crippen LogP contribution in [-0.2, 0) is 11.8 Å². The van der Waals surface area contributed by atoms with Crippen LogP contribution in [0.1, 0.15) is 28.4 Å². The Morgan fingerprint density at radius 1 is 1.31 bits per heavy atom. The van der Waals surface area contributed by atoms with Gasteiger partial charge in [-0.2, -0.15) is 5.10 Å². The number of aliphatic carboxylic acids is 1. The molecule has 3 rings (SSSR count). The zero-order valence-corrected chi connectivity index (χ0v) is 14.3. The highest BCUT2D eigenvalue weighted by Crippen LogP contribution is 2.28. The van der Waals surface area contributed by atoms with Crippen LogP contribution in [-0.4, -0.2) is 38.9 Å². The summed E-state index contributed by atoms with van der Waals surface area (Å²) in [4.78, 5) is 28.3. The second-order valence-electron chi connectivity index (χ2n) is 5.73. The highest BCUT2D eigenvalue weighted by atomic mass is 16.5. The van der Waals surface area contributed by atoms with Crippen molar-refractivity contribution in [3.8, 4) is 5.75 Å². The Kier molecular flexibility index (Phi) is 4.83. The van der Waals surface area contributed by atoms with Gasteiger partial charge in [0.1, 0.15) is 5.75 Å². The summed E-state index contributed by atoms with van der Waals surface area (Å²) >= 11 is 0. The zero-order chi connectivity index (χ0) is 18.7. The Hall–Kier alpha value is -3.42. The summed E-state index contributed by atoms with van der Waals surface area (Å²) in [6.07, 6.45) is 2.81. The molecule has 134 valence electrons. The molecule has 0 bridgehead atoms. The number of hydrogen-bond acceptors (Lipinski definition) is 5. The number of benzene rings is 1. The van der Waals surface area contributed by atoms with E-state index in [0.717, 1.165) is 0 Å². The fourth-order valence-electron chi connectivity index (χ4n) is 2.85. The van der Waals surface area contributed by atoms with Gasteiger partial charge in [0.15, 0.2) is 5.65 Å². The van der Waals surface area contributed by atoms with Crippen LogP contribution in [0.3, 0.4) is 0 Å². The third-order valence-corrected chi connectivity index (χ3v) is 4.08. The average Bonchev–Trinajstić information content (AvgIpc) is 3.02. The van der Waals surface area contributed by atoms with E-state index in [1.165, 1.54) is 13.3 Å². The molecule has 0 saturated heterocycles. The van der Waals surface area contributed by atoms with E-state index in [1.54, 1.807) is 48.3 Å². The summed E-state index contributed by atoms with van der Waals surface area (Å²) < 4.78 is 6.87. The summed E-state index contributed by atoms with van der Waals surface area (Å²) in [5, 5.41) is 16.8. The first-order valence-corrected chi connectivity index (χ1v) is 7.93. The largest absolute Gasteiger partial charge is 0.496 e. The second kappa shape index (κ2) is 7.22. The number of ether oxygens (including phenoxy) is 1. The predicted octanol–water partition coefficient (Wildman–Crippen LogP) is 1.92. The molecule has 1 unspecified atom stereocenters. The van der Waals surface area contributed by atoms with Gasteiger partial charge in [0.05, 0.1) is 36.7 Å². The third-order valence-electron chi connectivity index (χ3n) is 4.08. The molecule has 2 heterocycles. The van der Waals surface area contributed by atoms with Crippen molar-refractivity contribution in [3.63, 3.8) is 0 Å². The summed E-state index contributed by atoms with van der Waals surface area (Å²) in [6.45, 7) is 0. The minimum absolute atomic E-state index is 0.270. The Morgan fingerprint density at radius 3 is 2.81 bits per heavy atom. The first-order chi connectivity index (χ1) is 12.5. The molecule has 3 aromatic rings. The number of nitrogens with one attached hydrogen (secondary N) is 1. The molecule has 0 aliphatic heterocycles. The van der Waals surface area contributed by atoms with E-state index in [4.69, 9.17) is 4.74 Å². The number of hydrogen-bond donors (Lipinski definition) is 2. The van der Waals surface area contributed by atoms with Gasteiger partial charge in [-0.15, -0.1) is 0 Å². The van der Waals surface area contributed by atoms with Crippen LogP contribution >= 0.6 is 0 Å². The Labute approximate surface area is 149 Å². The van der Waals surface area contributed by atoms with E-state index < -0.39 is 17.9 Å². The summed E-state index contributed by atoms with van der Waals surface area (Å²) in [6, 6.07) is 7.85. The van der Waals surface area contributed by atoms with E-state index >= 15 is 0 Å². The van der Waals surface area contributed by atoms with E-state index in [1.807, 2.05) is 0 Å². The monoisotopic (exact) mass is 354 g/mol. The number of rotatable bonds is 6. The second-order valence-corrected chi connectivity index (χ2v) is 5.73. The van der Waals surface area contributed by atoms with Gasteiger partial charge >= 0.3 is 5.97 Å². The normalized spacial score (nSPS) is 11.9. The number of fused-ring (bicyclic) bond motifs is 1. The fourth-order valence-corrected chi connectivity index (χ4v) is 2.85. The Balaban J connectivity index is 1.96. The van der Waals surface area contributed by atoms with Crippen LogP contribution < -0.4 is 10.1 Å². The van der Waals surface area contributed by atoms with Gasteiger partial charge in [-0.3, -0.25) is 14.3 Å². The Bertz CT molecular complexity index is 967. The minimum Gasteiger partial charge on any atom is -0.496 e. The van der Waals surface area contributed by atoms with Gasteiger partial charge in [0.25, 0.3) is 5.91 Å². The predicted molar refractivity (Wildman–Crippen MR) is 94.0 cm³/mol. The maximum Gasteiger partial charge on any atom is 0.305 e. The summed E-state index contributed by atoms with van der Waals surface area (Å²) in [7, 11) is 3.24. The smallest absolute Gasteiger partial charge is 0.305 e. The van der Waals surface area contributed by atoms with Gasteiger partial charge in [-0.25, -0.2) is 4.98 Å². The van der Waals surface area contributed by atoms with Crippen molar-refractivity contribution >= 4 is 22.9 Å². The van der Waals surface area contributed by atoms with Crippen molar-refractivity contribution < 1.29 is 19.4 Å². The molecular weight excluding hydrogens is 336 g/mol. The number of amides is 1. The topological polar surface area (TPSA) is 106 Å². The SMILES string of the molecule is COc1ccccc1C(CC(=O)O)NC(=O)c1ccnc2c1cnn2C. The van der Waals surface area contributed by atoms with Crippen LogP contribution in [0.4, 0.5) is 0 Å². The van der Waals surface area contributed by atoms with Gasteiger partial charge in [0, 0.05) is 18.8 Å². The molecule has 0 aliphatic rings. The zero-order valence-electron chi connectivity index (χ0n) is 14.3. The maximum absolute atomic E-state index is 12.8. The highest BCUT2D eigenvalue weighted by molar-refractivity contribution is 6.05. The number of carbonyl (C=O) groups is 2. The molecule has 1 aromatic carbocycles. The van der Waals surface area contributed by atoms with Crippen molar-refractivity contribution in [3.05, 3.63) is 53.9 Å². The van der Waals surface area contributed by atoms with Gasteiger partial charge in [0.2, 0.25) is 0 Å². The molecule has 8 nitrogen and oxygen atoms in total. The van der Waals surface area contributed by atoms with Gasteiger partial charge < -0.3 is 15.2 Å². The first-order valence-electron chi connectivity index (χ1n) is 7.93. The molecule has 26 heavy (non-hydrogen) atoms. The van der Waals surface area contributed by atoms with Crippen LogP contribution in [0.15, 0.2) is 42.7 Å². The molecule has 2 N–H and O–H groups in total. The molecule has 0 saturated carbocycles. The van der Waals surface area contributed by atoms with Gasteiger partial charge in [-0.1, -0.05) is 18.2 Å². The molecule has 2 aromatic heterocycles. The number of aromatic nitrogens is 3. The maximum atomic E-state index is 12.8. The van der Waals surface area contributed by atoms with Crippen LogP contribution in [0, 0.1) is 0 Å². The van der Waals surface area contributed by atoms with Crippen LogP contribution in [0.5, 0.6) is 5.75 Å². The number of carboxylic acid groups (broad SMARTS) is 1. The number of para-hydroxylation sites is 1. The standard InChI is InChI=1S/C18H18N4O4/c1-22-17-13(10-20-22)11(7-8-19-17)18(25)21-14(9-16(23)24)12-5-3-4-6-15(12)26-2/h3-8,10,14H,9H2,1-2H3,(H,21,25)(H,23,24). The highest BCUT2D eigenvalue weighted by Gasteiger charge is 2.23. The molecule has 0 aliphatic carbocycles. The lowest BCUT2D eigenvalue weighted by atomic mass is 10.0. The average molecular weight is 354 g/mol. The van der Waals surface area contributed by atoms with Crippen molar-refractivity contribution in [2.24, 2.45) is 7.05 Å². The summed E-state index contributed by atoms with van der Waals surface area (Å²) in [5.41, 5.74) is 1.56. The van der Waals surface area contributed by atoms with E-state index in [-0.39, 0.29) is 6.42 Å². The van der Waals surface area contributed by atoms with Crippen LogP contribution in [0.2, 0.25) is 0 Å². The molecule has 0 spiro atoms. The van der Waals surface area contributed by atoms with E-state index in [2.05, 4.69) is 15.4 Å². The van der Waals surface area contributed by atoms with Crippen molar-refractivity contribution in [1.82, 2.24) is 20.1 Å². The number of carbonyl (C=O) groups excluding carboxylic acids is 1. The fraction of sp³-hybridized carbons (Fsp3) is 0.222. The third kappa shape index (κ3) is 3.34. The van der Waals surface area contributed by atoms with Gasteiger partial charge in [-0.05, 0) is 12.1 Å². The summed E-state index contributed by atoms with van der Waals surface area (Å²) in [5.74, 6) is -0.912. The molecule has 1 amide bonds. The Morgan fingerprint density at radius 2 is 2.08 bits per heavy atom.